The normalized spacial score (nSPS) is 19.8. The molecule has 0 N–H and O–H groups in total. The molecule has 1 heterocycles. The lowest BCUT2D eigenvalue weighted by molar-refractivity contribution is -0.154. The molecule has 0 unspecified atom stereocenters. The second-order valence-corrected chi connectivity index (χ2v) is 13.8. The zero-order chi connectivity index (χ0) is 34.7. The first-order chi connectivity index (χ1) is 24.2. The maximum absolute atomic E-state index is 14.5. The van der Waals surface area contributed by atoms with Crippen LogP contribution < -0.4 is 4.74 Å². The van der Waals surface area contributed by atoms with Gasteiger partial charge in [-0.3, -0.25) is 19.2 Å². The minimum absolute atomic E-state index is 0.0437. The molecule has 1 fully saturated rings. The van der Waals surface area contributed by atoms with E-state index in [1.54, 1.807) is 36.4 Å². The number of esters is 1. The van der Waals surface area contributed by atoms with Crippen LogP contribution in [-0.2, 0) is 9.59 Å². The summed E-state index contributed by atoms with van der Waals surface area (Å²) in [6.07, 6.45) is 0. The van der Waals surface area contributed by atoms with Crippen molar-refractivity contribution in [2.24, 2.45) is 11.8 Å². The second-order valence-electron chi connectivity index (χ2n) is 12.4. The Hall–Kier alpha value is -5.38. The van der Waals surface area contributed by atoms with Gasteiger partial charge >= 0.3 is 5.97 Å². The Morgan fingerprint density at radius 2 is 1.14 bits per heavy atom. The maximum atomic E-state index is 14.5. The molecular weight excluding hydrogens is 720 g/mol. The Balaban J connectivity index is 1.12. The molecule has 10 heteroatoms. The van der Waals surface area contributed by atoms with Gasteiger partial charge in [-0.1, -0.05) is 88.2 Å². The molecule has 1 aliphatic heterocycles. The van der Waals surface area contributed by atoms with E-state index in [0.717, 1.165) is 36.7 Å². The van der Waals surface area contributed by atoms with E-state index in [9.17, 15) is 24.0 Å². The first kappa shape index (κ1) is 31.9. The number of rotatable bonds is 7. The van der Waals surface area contributed by atoms with E-state index in [0.29, 0.717) is 5.56 Å². The first-order valence-corrected chi connectivity index (χ1v) is 17.1. The molecule has 0 spiro atoms. The van der Waals surface area contributed by atoms with Crippen molar-refractivity contribution in [1.82, 2.24) is 10.0 Å². The fraction of sp³-hybridized carbons (Fsp3) is 0.125. The summed E-state index contributed by atoms with van der Waals surface area (Å²) in [5.74, 6) is -5.03. The molecule has 4 aliphatic rings. The number of benzene rings is 5. The van der Waals surface area contributed by atoms with Crippen molar-refractivity contribution < 1.29 is 28.7 Å². The van der Waals surface area contributed by atoms with E-state index in [-0.39, 0.29) is 33.7 Å². The molecule has 246 valence electrons. The Bertz CT molecular complexity index is 2120. The summed E-state index contributed by atoms with van der Waals surface area (Å²) in [7, 11) is 0. The number of carbonyl (C=O) groups excluding carboxylic acids is 5. The molecule has 3 aliphatic carbocycles. The van der Waals surface area contributed by atoms with Gasteiger partial charge in [0.25, 0.3) is 17.7 Å². The number of ketones is 1. The summed E-state index contributed by atoms with van der Waals surface area (Å²) in [5.41, 5.74) is 4.52. The van der Waals surface area contributed by atoms with Gasteiger partial charge in [-0.2, -0.15) is 5.01 Å². The van der Waals surface area contributed by atoms with E-state index in [1.807, 2.05) is 48.5 Å². The Morgan fingerprint density at radius 1 is 0.660 bits per heavy atom. The zero-order valence-electron chi connectivity index (χ0n) is 26.2. The summed E-state index contributed by atoms with van der Waals surface area (Å²) in [6, 6.07) is 34.5. The fourth-order valence-electron chi connectivity index (χ4n) is 7.59. The summed E-state index contributed by atoms with van der Waals surface area (Å²) >= 11 is 9.78. The van der Waals surface area contributed by atoms with Crippen LogP contribution in [0.4, 0.5) is 0 Å². The molecule has 8 nitrogen and oxygen atoms in total. The molecule has 5 aromatic rings. The van der Waals surface area contributed by atoms with Gasteiger partial charge in [-0.15, -0.1) is 0 Å². The van der Waals surface area contributed by atoms with Gasteiger partial charge in [-0.25, -0.2) is 9.80 Å². The third-order valence-electron chi connectivity index (χ3n) is 9.77. The molecule has 5 aromatic carbocycles. The van der Waals surface area contributed by atoms with Crippen molar-refractivity contribution in [3.63, 3.8) is 0 Å². The quantitative estimate of drug-likeness (QED) is 0.0743. The van der Waals surface area contributed by atoms with E-state index in [2.05, 4.69) is 15.9 Å². The molecule has 1 saturated heterocycles. The summed E-state index contributed by atoms with van der Waals surface area (Å²) in [5, 5.41) is 1.93. The highest BCUT2D eigenvalue weighted by Gasteiger charge is 2.63. The fourth-order valence-corrected chi connectivity index (χ4v) is 8.08. The lowest BCUT2D eigenvalue weighted by atomic mass is 9.55. The van der Waals surface area contributed by atoms with E-state index < -0.39 is 47.9 Å². The summed E-state index contributed by atoms with van der Waals surface area (Å²) in [6.45, 7) is -0.617. The number of nitrogens with zero attached hydrogens (tertiary/aromatic N) is 2. The molecule has 50 heavy (non-hydrogen) atoms. The number of Topliss-reactive ketones (excluding diaryl/α,β-unsaturated/α-hetero) is 1. The van der Waals surface area contributed by atoms with Crippen LogP contribution in [0, 0.1) is 11.8 Å². The summed E-state index contributed by atoms with van der Waals surface area (Å²) < 4.78 is 6.28. The van der Waals surface area contributed by atoms with Gasteiger partial charge in [0.1, 0.15) is 12.3 Å². The van der Waals surface area contributed by atoms with Gasteiger partial charge in [-0.05, 0) is 82.9 Å². The van der Waals surface area contributed by atoms with Crippen molar-refractivity contribution in [2.45, 2.75) is 11.8 Å². The highest BCUT2D eigenvalue weighted by molar-refractivity contribution is 9.10. The third-order valence-corrected chi connectivity index (χ3v) is 10.6. The number of ether oxygens (including phenoxy) is 1. The van der Waals surface area contributed by atoms with Crippen molar-refractivity contribution in [3.05, 3.63) is 170 Å². The van der Waals surface area contributed by atoms with Gasteiger partial charge in [0.05, 0.1) is 28.0 Å². The standard InChI is InChI=1S/C40H26BrClN2O6/c41-24-17-13-23(14-18-24)40(49)50-25-19-15-22(16-20-25)32(45)21-43(37(46)30-11-5-6-12-31(30)42)44-38(47)35-33-26-7-1-2-8-27(26)34(36(35)39(44)48)29-10-4-3-9-28(29)33/h1-20,33-36H,21H2/t33?,34?,35-,36-/m0/s1. The van der Waals surface area contributed by atoms with E-state index in [4.69, 9.17) is 16.3 Å². The Morgan fingerprint density at radius 3 is 1.66 bits per heavy atom. The van der Waals surface area contributed by atoms with Gasteiger partial charge < -0.3 is 4.74 Å². The van der Waals surface area contributed by atoms with Crippen LogP contribution in [0.15, 0.2) is 126 Å². The lowest BCUT2D eigenvalue weighted by Crippen LogP contribution is -2.52. The first-order valence-electron chi connectivity index (χ1n) is 16.0. The summed E-state index contributed by atoms with van der Waals surface area (Å²) in [4.78, 5) is 69.8. The van der Waals surface area contributed by atoms with Crippen molar-refractivity contribution >= 4 is 57.0 Å². The number of amides is 3. The largest absolute Gasteiger partial charge is 0.423 e. The van der Waals surface area contributed by atoms with E-state index in [1.165, 1.54) is 36.4 Å². The van der Waals surface area contributed by atoms with Crippen LogP contribution in [0.1, 0.15) is 65.2 Å². The molecule has 0 aromatic heterocycles. The van der Waals surface area contributed by atoms with Crippen LogP contribution in [0.3, 0.4) is 0 Å². The Labute approximate surface area is 300 Å². The van der Waals surface area contributed by atoms with Gasteiger partial charge in [0, 0.05) is 21.9 Å². The predicted octanol–water partition coefficient (Wildman–Crippen LogP) is 7.45. The number of halogens is 2. The van der Waals surface area contributed by atoms with Crippen LogP contribution in [0.5, 0.6) is 5.75 Å². The average molecular weight is 746 g/mol. The second kappa shape index (κ2) is 12.5. The maximum Gasteiger partial charge on any atom is 0.343 e. The monoisotopic (exact) mass is 744 g/mol. The lowest BCUT2D eigenvalue weighted by Gasteiger charge is -2.45. The number of hydrogen-bond donors (Lipinski definition) is 0. The van der Waals surface area contributed by atoms with Crippen LogP contribution >= 0.6 is 27.5 Å². The molecule has 2 atom stereocenters. The Kier molecular flexibility index (Phi) is 7.96. The molecule has 9 rings (SSSR count). The highest BCUT2D eigenvalue weighted by atomic mass is 79.9. The highest BCUT2D eigenvalue weighted by Crippen LogP contribution is 2.61. The van der Waals surface area contributed by atoms with Gasteiger partial charge in [0.15, 0.2) is 5.78 Å². The van der Waals surface area contributed by atoms with Crippen LogP contribution in [-0.4, -0.2) is 46.0 Å². The predicted molar refractivity (Wildman–Crippen MR) is 188 cm³/mol. The zero-order valence-corrected chi connectivity index (χ0v) is 28.5. The molecule has 0 saturated carbocycles. The molecule has 0 radical (unpaired) electrons. The third kappa shape index (κ3) is 5.16. The van der Waals surface area contributed by atoms with Gasteiger partial charge in [0.2, 0.25) is 0 Å². The topological polar surface area (TPSA) is 101 Å². The smallest absolute Gasteiger partial charge is 0.343 e. The average Bonchev–Trinajstić information content (AvgIpc) is 3.40. The number of hydrogen-bond acceptors (Lipinski definition) is 6. The number of hydrazine groups is 1. The number of imide groups is 1. The van der Waals surface area contributed by atoms with Crippen LogP contribution in [0.25, 0.3) is 0 Å². The van der Waals surface area contributed by atoms with E-state index >= 15 is 0 Å². The van der Waals surface area contributed by atoms with Crippen molar-refractivity contribution in [2.75, 3.05) is 6.54 Å². The molecular formula is C40H26BrClN2O6. The molecule has 2 bridgehead atoms. The van der Waals surface area contributed by atoms with Crippen molar-refractivity contribution in [1.29, 1.82) is 0 Å². The number of carbonyl (C=O) groups is 5. The minimum Gasteiger partial charge on any atom is -0.423 e. The van der Waals surface area contributed by atoms with Crippen molar-refractivity contribution in [3.8, 4) is 5.75 Å². The SMILES string of the molecule is O=C(CN(C(=O)c1ccccc1Cl)N1C(=O)[C@H]2C3c4ccccc4C(c4ccccc43)[C@@H]2C1=O)c1ccc(OC(=O)c2ccc(Br)cc2)cc1. The minimum atomic E-state index is -0.758. The molecule has 3 amide bonds. The van der Waals surface area contributed by atoms with Crippen LogP contribution in [0.2, 0.25) is 5.02 Å².